The van der Waals surface area contributed by atoms with Gasteiger partial charge in [-0.1, -0.05) is 30.3 Å². The number of nitrogens with two attached hydrogens (primary N) is 1. The molecule has 2 unspecified atom stereocenters. The molecule has 1 fully saturated rings. The highest BCUT2D eigenvalue weighted by atomic mass is 32.2. The third kappa shape index (κ3) is 4.73. The van der Waals surface area contributed by atoms with Gasteiger partial charge in [-0.15, -0.1) is 0 Å². The number of benzene rings is 3. The average Bonchev–Trinajstić information content (AvgIpc) is 3.53. The standard InChI is InChI=1S/C27H27N5O5S/c1-17(28)25(33)29-21-9-7-19(8-10-21)26(34)31-14-13-20-15-22(11-12-24(20)31)38(36,37)32-16-23(30-27(32)35)18-5-3-2-4-6-18/h2-12,15,17,23H,13-14,16,28H2,1H3,(H,29,33)(H,30,35). The van der Waals surface area contributed by atoms with Crippen molar-refractivity contribution in [3.05, 3.63) is 89.5 Å². The van der Waals surface area contributed by atoms with Crippen LogP contribution in [0.4, 0.5) is 16.2 Å². The number of urea groups is 1. The Hall–Kier alpha value is -4.22. The van der Waals surface area contributed by atoms with Crippen LogP contribution < -0.4 is 21.3 Å². The molecule has 2 aliphatic rings. The van der Waals surface area contributed by atoms with E-state index < -0.39 is 28.1 Å². The first-order valence-electron chi connectivity index (χ1n) is 12.1. The smallest absolute Gasteiger partial charge is 0.328 e. The number of fused-ring (bicyclic) bond motifs is 1. The van der Waals surface area contributed by atoms with Crippen LogP contribution in [0, 0.1) is 0 Å². The fraction of sp³-hybridized carbons (Fsp3) is 0.222. The Morgan fingerprint density at radius 3 is 2.45 bits per heavy atom. The maximum Gasteiger partial charge on any atom is 0.331 e. The molecule has 0 radical (unpaired) electrons. The van der Waals surface area contributed by atoms with E-state index in [0.29, 0.717) is 35.5 Å². The molecule has 10 nitrogen and oxygen atoms in total. The lowest BCUT2D eigenvalue weighted by Crippen LogP contribution is -2.34. The van der Waals surface area contributed by atoms with Crippen LogP contribution in [0.25, 0.3) is 0 Å². The Morgan fingerprint density at radius 1 is 1.05 bits per heavy atom. The van der Waals surface area contributed by atoms with Gasteiger partial charge >= 0.3 is 6.03 Å². The van der Waals surface area contributed by atoms with Crippen molar-refractivity contribution < 1.29 is 22.8 Å². The Balaban J connectivity index is 1.32. The van der Waals surface area contributed by atoms with Crippen molar-refractivity contribution in [2.75, 3.05) is 23.3 Å². The number of carbonyl (C=O) groups excluding carboxylic acids is 3. The molecule has 0 bridgehead atoms. The summed E-state index contributed by atoms with van der Waals surface area (Å²) in [6.45, 7) is 1.96. The van der Waals surface area contributed by atoms with E-state index in [1.165, 1.54) is 12.1 Å². The molecule has 0 aromatic heterocycles. The quantitative estimate of drug-likeness (QED) is 0.445. The number of hydrogen-bond donors (Lipinski definition) is 3. The minimum absolute atomic E-state index is 0.00337. The van der Waals surface area contributed by atoms with Crippen molar-refractivity contribution in [1.29, 1.82) is 0 Å². The molecule has 38 heavy (non-hydrogen) atoms. The molecule has 11 heteroatoms. The van der Waals surface area contributed by atoms with E-state index in [1.54, 1.807) is 42.2 Å². The van der Waals surface area contributed by atoms with E-state index >= 15 is 0 Å². The highest BCUT2D eigenvalue weighted by Gasteiger charge is 2.39. The molecule has 0 aliphatic carbocycles. The number of nitrogens with zero attached hydrogens (tertiary/aromatic N) is 2. The molecule has 2 atom stereocenters. The van der Waals surface area contributed by atoms with Crippen molar-refractivity contribution in [2.24, 2.45) is 5.73 Å². The highest BCUT2D eigenvalue weighted by Crippen LogP contribution is 2.33. The molecule has 2 aliphatic heterocycles. The van der Waals surface area contributed by atoms with Crippen molar-refractivity contribution in [1.82, 2.24) is 9.62 Å². The summed E-state index contributed by atoms with van der Waals surface area (Å²) in [5.41, 5.74) is 8.67. The van der Waals surface area contributed by atoms with E-state index in [0.717, 1.165) is 9.87 Å². The zero-order chi connectivity index (χ0) is 27.0. The minimum atomic E-state index is -4.09. The van der Waals surface area contributed by atoms with Gasteiger partial charge in [0.15, 0.2) is 0 Å². The normalized spacial score (nSPS) is 17.6. The molecule has 0 spiro atoms. The first-order chi connectivity index (χ1) is 18.1. The lowest BCUT2D eigenvalue weighted by molar-refractivity contribution is -0.117. The number of nitrogens with one attached hydrogen (secondary N) is 2. The predicted molar refractivity (Wildman–Crippen MR) is 142 cm³/mol. The molecule has 3 aromatic carbocycles. The summed E-state index contributed by atoms with van der Waals surface area (Å²) >= 11 is 0. The summed E-state index contributed by atoms with van der Waals surface area (Å²) in [6, 6.07) is 18.5. The van der Waals surface area contributed by atoms with Crippen molar-refractivity contribution in [3.63, 3.8) is 0 Å². The number of rotatable bonds is 6. The van der Waals surface area contributed by atoms with Gasteiger partial charge in [0, 0.05) is 23.5 Å². The van der Waals surface area contributed by atoms with Crippen LogP contribution >= 0.6 is 0 Å². The second-order valence-corrected chi connectivity index (χ2v) is 11.2. The van der Waals surface area contributed by atoms with Crippen LogP contribution in [0.2, 0.25) is 0 Å². The van der Waals surface area contributed by atoms with E-state index in [-0.39, 0.29) is 23.3 Å². The Morgan fingerprint density at radius 2 is 1.76 bits per heavy atom. The van der Waals surface area contributed by atoms with Crippen molar-refractivity contribution in [3.8, 4) is 0 Å². The van der Waals surface area contributed by atoms with Crippen LogP contribution in [0.1, 0.15) is 34.5 Å². The van der Waals surface area contributed by atoms with Crippen LogP contribution in [-0.2, 0) is 21.2 Å². The fourth-order valence-electron chi connectivity index (χ4n) is 4.58. The lowest BCUT2D eigenvalue weighted by atomic mass is 10.1. The van der Waals surface area contributed by atoms with E-state index in [2.05, 4.69) is 10.6 Å². The maximum atomic E-state index is 13.4. The molecule has 3 aromatic rings. The fourth-order valence-corrected chi connectivity index (χ4v) is 5.98. The monoisotopic (exact) mass is 533 g/mol. The third-order valence-corrected chi connectivity index (χ3v) is 8.41. The van der Waals surface area contributed by atoms with Gasteiger partial charge in [0.05, 0.1) is 23.5 Å². The Labute approximate surface area is 220 Å². The molecule has 4 N–H and O–H groups in total. The number of amides is 4. The minimum Gasteiger partial charge on any atom is -0.328 e. The van der Waals surface area contributed by atoms with Gasteiger partial charge in [-0.3, -0.25) is 9.59 Å². The van der Waals surface area contributed by atoms with E-state index in [1.807, 2.05) is 30.3 Å². The van der Waals surface area contributed by atoms with Gasteiger partial charge in [0.25, 0.3) is 15.9 Å². The Bertz CT molecular complexity index is 1510. The number of sulfonamides is 1. The van der Waals surface area contributed by atoms with Gasteiger partial charge in [-0.25, -0.2) is 17.5 Å². The van der Waals surface area contributed by atoms with Gasteiger partial charge in [-0.05, 0) is 66.9 Å². The van der Waals surface area contributed by atoms with E-state index in [4.69, 9.17) is 5.73 Å². The molecular formula is C27H27N5O5S. The van der Waals surface area contributed by atoms with Gasteiger partial charge < -0.3 is 21.3 Å². The predicted octanol–water partition coefficient (Wildman–Crippen LogP) is 2.63. The number of anilines is 2. The number of hydrogen-bond acceptors (Lipinski definition) is 6. The van der Waals surface area contributed by atoms with Crippen molar-refractivity contribution in [2.45, 2.75) is 30.3 Å². The summed E-state index contributed by atoms with van der Waals surface area (Å²) in [5, 5.41) is 5.41. The zero-order valence-electron chi connectivity index (χ0n) is 20.6. The van der Waals surface area contributed by atoms with Crippen LogP contribution in [0.5, 0.6) is 0 Å². The third-order valence-electron chi connectivity index (χ3n) is 6.67. The molecule has 1 saturated heterocycles. The zero-order valence-corrected chi connectivity index (χ0v) is 21.4. The van der Waals surface area contributed by atoms with Crippen LogP contribution in [0.15, 0.2) is 77.7 Å². The summed E-state index contributed by atoms with van der Waals surface area (Å²) < 4.78 is 27.6. The first kappa shape index (κ1) is 25.4. The maximum absolute atomic E-state index is 13.4. The van der Waals surface area contributed by atoms with Crippen molar-refractivity contribution >= 4 is 39.2 Å². The SMILES string of the molecule is CC(N)C(=O)Nc1ccc(C(=O)N2CCc3cc(S(=O)(=O)N4CC(c5ccccc5)NC4=O)ccc32)cc1. The Kier molecular flexibility index (Phi) is 6.64. The number of carbonyl (C=O) groups is 3. The molecule has 2 heterocycles. The molecule has 4 amide bonds. The molecule has 196 valence electrons. The summed E-state index contributed by atoms with van der Waals surface area (Å²) in [6.07, 6.45) is 0.478. The summed E-state index contributed by atoms with van der Waals surface area (Å²) in [7, 11) is -4.09. The molecular weight excluding hydrogens is 506 g/mol. The average molecular weight is 534 g/mol. The van der Waals surface area contributed by atoms with Crippen LogP contribution in [0.3, 0.4) is 0 Å². The van der Waals surface area contributed by atoms with Crippen LogP contribution in [-0.4, -0.2) is 49.7 Å². The summed E-state index contributed by atoms with van der Waals surface area (Å²) in [4.78, 5) is 39.2. The van der Waals surface area contributed by atoms with Gasteiger partial charge in [-0.2, -0.15) is 0 Å². The lowest BCUT2D eigenvalue weighted by Gasteiger charge is -2.19. The summed E-state index contributed by atoms with van der Waals surface area (Å²) in [5.74, 6) is -0.570. The molecule has 0 saturated carbocycles. The topological polar surface area (TPSA) is 142 Å². The molecule has 5 rings (SSSR count). The second kappa shape index (κ2) is 9.92. The highest BCUT2D eigenvalue weighted by molar-refractivity contribution is 7.89. The first-order valence-corrected chi connectivity index (χ1v) is 13.6. The largest absolute Gasteiger partial charge is 0.331 e. The van der Waals surface area contributed by atoms with Gasteiger partial charge in [0.1, 0.15) is 0 Å². The van der Waals surface area contributed by atoms with E-state index in [9.17, 15) is 22.8 Å². The van der Waals surface area contributed by atoms with Gasteiger partial charge in [0.2, 0.25) is 5.91 Å². The second-order valence-electron chi connectivity index (χ2n) is 9.30.